The third-order valence-electron chi connectivity index (χ3n) is 8.29. The molecule has 0 aliphatic carbocycles. The molecule has 2 amide bonds. The molecule has 1 heterocycles. The van der Waals surface area contributed by atoms with Crippen LogP contribution >= 0.6 is 0 Å². The van der Waals surface area contributed by atoms with Crippen LogP contribution in [0.15, 0.2) is 77.5 Å². The van der Waals surface area contributed by atoms with E-state index in [-0.39, 0.29) is 25.5 Å². The molecular formula is C39H56N6O10S. The first-order chi connectivity index (χ1) is 26.9. The number of carbonyl (C=O) groups excluding carboxylic acids is 2. The molecule has 2 unspecified atom stereocenters. The number of hydrazine groups is 2. The van der Waals surface area contributed by atoms with E-state index in [4.69, 9.17) is 28.8 Å². The second-order valence-corrected chi connectivity index (χ2v) is 14.7. The van der Waals surface area contributed by atoms with E-state index in [2.05, 4.69) is 21.5 Å². The Labute approximate surface area is 331 Å². The van der Waals surface area contributed by atoms with Crippen LogP contribution in [0.5, 0.6) is 5.75 Å². The second kappa shape index (κ2) is 22.9. The third-order valence-corrected chi connectivity index (χ3v) is 9.02. The summed E-state index contributed by atoms with van der Waals surface area (Å²) in [6.45, 7) is 9.52. The number of nitrogens with zero attached hydrogens (tertiary/aromatic N) is 2. The van der Waals surface area contributed by atoms with Gasteiger partial charge < -0.3 is 49.3 Å². The number of rotatable bonds is 24. The largest absolute Gasteiger partial charge is 0.491 e. The number of carbonyl (C=O) groups is 2. The maximum atomic E-state index is 13.4. The van der Waals surface area contributed by atoms with E-state index < -0.39 is 28.8 Å². The van der Waals surface area contributed by atoms with Crippen LogP contribution in [-0.2, 0) is 41.2 Å². The van der Waals surface area contributed by atoms with Crippen LogP contribution in [-0.4, -0.2) is 127 Å². The lowest BCUT2D eigenvalue weighted by molar-refractivity contribution is -0.123. The number of fused-ring (bicyclic) bond motifs is 1. The zero-order valence-corrected chi connectivity index (χ0v) is 33.4. The van der Waals surface area contributed by atoms with Crippen molar-refractivity contribution < 1.29 is 47.1 Å². The lowest BCUT2D eigenvalue weighted by Gasteiger charge is -2.25. The van der Waals surface area contributed by atoms with Gasteiger partial charge in [-0.1, -0.05) is 36.4 Å². The summed E-state index contributed by atoms with van der Waals surface area (Å²) in [7, 11) is 1.82. The van der Waals surface area contributed by atoms with Crippen molar-refractivity contribution >= 4 is 39.5 Å². The number of nitrogens with one attached hydrogen (secondary N) is 4. The summed E-state index contributed by atoms with van der Waals surface area (Å²) in [4.78, 5) is 26.5. The second-order valence-electron chi connectivity index (χ2n) is 13.8. The number of amides is 2. The van der Waals surface area contributed by atoms with E-state index in [1.54, 1.807) is 50.0 Å². The Morgan fingerprint density at radius 1 is 0.875 bits per heavy atom. The fourth-order valence-corrected chi connectivity index (χ4v) is 6.18. The number of aliphatic hydroxyl groups is 1. The summed E-state index contributed by atoms with van der Waals surface area (Å²) in [5.41, 5.74) is 5.03. The highest BCUT2D eigenvalue weighted by atomic mass is 32.2. The Kier molecular flexibility index (Phi) is 18.1. The van der Waals surface area contributed by atoms with Crippen LogP contribution in [0.25, 0.3) is 10.8 Å². The average Bonchev–Trinajstić information content (AvgIpc) is 3.51. The van der Waals surface area contributed by atoms with Gasteiger partial charge in [-0.05, 0) is 57.0 Å². The zero-order valence-electron chi connectivity index (χ0n) is 32.6. The van der Waals surface area contributed by atoms with Gasteiger partial charge >= 0.3 is 6.09 Å². The smallest absolute Gasteiger partial charge is 0.408 e. The van der Waals surface area contributed by atoms with Crippen molar-refractivity contribution in [3.8, 4) is 5.75 Å². The van der Waals surface area contributed by atoms with Crippen molar-refractivity contribution in [2.24, 2.45) is 0 Å². The quantitative estimate of drug-likeness (QED) is 0.0571. The molecule has 308 valence electrons. The van der Waals surface area contributed by atoms with E-state index in [1.165, 1.54) is 0 Å². The zero-order chi connectivity index (χ0) is 40.3. The van der Waals surface area contributed by atoms with Gasteiger partial charge in [-0.3, -0.25) is 14.8 Å². The van der Waals surface area contributed by atoms with Crippen LogP contribution in [0.2, 0.25) is 0 Å². The van der Waals surface area contributed by atoms with Crippen LogP contribution in [0.4, 0.5) is 10.5 Å². The predicted molar refractivity (Wildman–Crippen MR) is 213 cm³/mol. The molecule has 0 radical (unpaired) electrons. The summed E-state index contributed by atoms with van der Waals surface area (Å²) in [5, 5.41) is 23.0. The average molecular weight is 801 g/mol. The number of alkyl carbamates (subject to hydrolysis) is 1. The van der Waals surface area contributed by atoms with Crippen LogP contribution in [0.1, 0.15) is 32.8 Å². The molecule has 2 atom stereocenters. The van der Waals surface area contributed by atoms with Crippen LogP contribution < -0.4 is 26.2 Å². The molecular weight excluding hydrogens is 745 g/mol. The van der Waals surface area contributed by atoms with E-state index in [0.717, 1.165) is 28.1 Å². The van der Waals surface area contributed by atoms with E-state index in [1.807, 2.05) is 54.7 Å². The topological polar surface area (TPSA) is 192 Å². The molecule has 3 aromatic carbocycles. The molecule has 56 heavy (non-hydrogen) atoms. The minimum Gasteiger partial charge on any atom is -0.491 e. The van der Waals surface area contributed by atoms with Gasteiger partial charge in [0.25, 0.3) is 0 Å². The summed E-state index contributed by atoms with van der Waals surface area (Å²) in [5.74, 6) is 0.374. The van der Waals surface area contributed by atoms with Crippen molar-refractivity contribution in [1.29, 1.82) is 0 Å². The lowest BCUT2D eigenvalue weighted by Crippen LogP contribution is -2.49. The monoisotopic (exact) mass is 800 g/mol. The molecule has 6 N–H and O–H groups in total. The molecule has 0 bridgehead atoms. The number of anilines is 1. The minimum atomic E-state index is -2.13. The highest BCUT2D eigenvalue weighted by Crippen LogP contribution is 2.27. The van der Waals surface area contributed by atoms with Crippen molar-refractivity contribution in [3.05, 3.63) is 78.1 Å². The van der Waals surface area contributed by atoms with Crippen molar-refractivity contribution in [2.75, 3.05) is 84.9 Å². The van der Waals surface area contributed by atoms with Gasteiger partial charge in [0.15, 0.2) is 11.1 Å². The molecule has 4 rings (SSSR count). The molecule has 0 aromatic heterocycles. The first kappa shape index (κ1) is 44.2. The fourth-order valence-electron chi connectivity index (χ4n) is 5.62. The molecule has 3 aromatic rings. The number of ether oxygens (including phenoxy) is 5. The van der Waals surface area contributed by atoms with Crippen LogP contribution in [0.3, 0.4) is 0 Å². The predicted octanol–water partition coefficient (Wildman–Crippen LogP) is 3.40. The molecule has 0 spiro atoms. The van der Waals surface area contributed by atoms with Gasteiger partial charge in [-0.15, -0.1) is 5.53 Å². The molecule has 1 aliphatic rings. The van der Waals surface area contributed by atoms with Gasteiger partial charge in [0, 0.05) is 55.8 Å². The highest BCUT2D eigenvalue weighted by Gasteiger charge is 2.28. The SMILES string of the molecule is CN1NN(CCOCCOCCOCCOc2ccc(CCO)cc2)C=C1CC(NC(=O)OC(C)(C)C)C(=O)NCCNc1cccc2c(S(=O)O)cccc12. The fraction of sp³-hybridized carbons (Fsp3) is 0.487. The number of benzene rings is 3. The Bertz CT molecular complexity index is 1740. The summed E-state index contributed by atoms with van der Waals surface area (Å²) >= 11 is -2.13. The van der Waals surface area contributed by atoms with Crippen molar-refractivity contribution in [3.63, 3.8) is 0 Å². The standard InChI is InChI=1S/C39H56N6O10S/c1-39(2,3)55-38(48)42-35(37(47)41-17-16-40-34-9-5-8-33-32(34)7-6-10-36(33)56(49)50)27-30-28-45(43-44(30)4)18-20-51-21-22-52-23-24-53-25-26-54-31-13-11-29(12-14-31)15-19-46/h5-14,28,35,40,43,46H,15-27H2,1-4H3,(H,41,47)(H,42,48)(H,49,50). The third kappa shape index (κ3) is 15.2. The van der Waals surface area contributed by atoms with Gasteiger partial charge in [-0.25, -0.2) is 9.00 Å². The first-order valence-electron chi connectivity index (χ1n) is 18.6. The first-order valence-corrected chi connectivity index (χ1v) is 19.7. The lowest BCUT2D eigenvalue weighted by atomic mass is 10.1. The maximum absolute atomic E-state index is 13.4. The molecule has 16 nitrogen and oxygen atoms in total. The molecule has 1 aliphatic heterocycles. The minimum absolute atomic E-state index is 0.123. The summed E-state index contributed by atoms with van der Waals surface area (Å²) in [6.07, 6.45) is 1.97. The Morgan fingerprint density at radius 3 is 2.21 bits per heavy atom. The van der Waals surface area contributed by atoms with E-state index in [0.29, 0.717) is 76.0 Å². The van der Waals surface area contributed by atoms with Gasteiger partial charge in [-0.2, -0.15) is 0 Å². The molecule has 0 fully saturated rings. The number of hydrogen-bond donors (Lipinski definition) is 6. The van der Waals surface area contributed by atoms with E-state index in [9.17, 15) is 18.4 Å². The number of aliphatic hydroxyl groups excluding tert-OH is 1. The normalized spacial score (nSPS) is 14.0. The maximum Gasteiger partial charge on any atom is 0.408 e. The summed E-state index contributed by atoms with van der Waals surface area (Å²) in [6, 6.07) is 17.3. The van der Waals surface area contributed by atoms with Crippen molar-refractivity contribution in [2.45, 2.75) is 50.2 Å². The Balaban J connectivity index is 1.15. The van der Waals surface area contributed by atoms with Gasteiger partial charge in [0.1, 0.15) is 24.0 Å². The van der Waals surface area contributed by atoms with Gasteiger partial charge in [0.05, 0.1) is 56.8 Å². The van der Waals surface area contributed by atoms with Gasteiger partial charge in [0.2, 0.25) is 5.91 Å². The van der Waals surface area contributed by atoms with E-state index >= 15 is 0 Å². The molecule has 17 heteroatoms. The molecule has 0 saturated carbocycles. The Hall–Kier alpha value is -4.49. The summed E-state index contributed by atoms with van der Waals surface area (Å²) < 4.78 is 49.4. The Morgan fingerprint density at radius 2 is 1.54 bits per heavy atom. The van der Waals surface area contributed by atoms with Crippen LogP contribution in [0, 0.1) is 0 Å². The molecule has 0 saturated heterocycles. The highest BCUT2D eigenvalue weighted by molar-refractivity contribution is 7.79. The van der Waals surface area contributed by atoms with Crippen molar-refractivity contribution in [1.82, 2.24) is 26.2 Å². The number of hydrogen-bond acceptors (Lipinski definition) is 13.